The zero-order valence-electron chi connectivity index (χ0n) is 15.9. The minimum Gasteiger partial charge on any atom is -0.466 e. The van der Waals surface area contributed by atoms with Crippen molar-refractivity contribution < 1.29 is 32.2 Å². The van der Waals surface area contributed by atoms with Gasteiger partial charge in [0.05, 0.1) is 38.3 Å². The number of methoxy groups -OCH3 is 2. The summed E-state index contributed by atoms with van der Waals surface area (Å²) in [5.41, 5.74) is 2.02. The van der Waals surface area contributed by atoms with Crippen LogP contribution in [0, 0.1) is 0 Å². The van der Waals surface area contributed by atoms with Gasteiger partial charge in [0.2, 0.25) is 10.0 Å². The number of carbonyl (C=O) groups excluding carboxylic acids is 2. The van der Waals surface area contributed by atoms with Crippen molar-refractivity contribution in [3.05, 3.63) is 35.0 Å². The second-order valence-corrected chi connectivity index (χ2v) is 8.37. The Bertz CT molecular complexity index is 939. The fourth-order valence-electron chi connectivity index (χ4n) is 3.39. The average molecular weight is 410 g/mol. The molecule has 0 saturated heterocycles. The summed E-state index contributed by atoms with van der Waals surface area (Å²) in [4.78, 5) is 26.0. The van der Waals surface area contributed by atoms with E-state index < -0.39 is 22.0 Å². The summed E-state index contributed by atoms with van der Waals surface area (Å²) in [5, 5.41) is 0. The minimum atomic E-state index is -3.44. The van der Waals surface area contributed by atoms with Crippen LogP contribution in [0.3, 0.4) is 0 Å². The molecule has 2 aliphatic heterocycles. The van der Waals surface area contributed by atoms with Crippen LogP contribution < -0.4 is 9.21 Å². The van der Waals surface area contributed by atoms with Crippen molar-refractivity contribution in [1.82, 2.24) is 0 Å². The molecule has 152 valence electrons. The van der Waals surface area contributed by atoms with Crippen LogP contribution in [0.25, 0.3) is 0 Å². The van der Waals surface area contributed by atoms with Crippen molar-refractivity contribution in [2.24, 2.45) is 0 Å². The summed E-state index contributed by atoms with van der Waals surface area (Å²) in [6, 6.07) is 5.27. The Morgan fingerprint density at radius 1 is 1.14 bits per heavy atom. The van der Waals surface area contributed by atoms with Crippen molar-refractivity contribution in [3.8, 4) is 0 Å². The molecule has 0 fully saturated rings. The Kier molecular flexibility index (Phi) is 5.61. The number of rotatable bonds is 4. The summed E-state index contributed by atoms with van der Waals surface area (Å²) in [5.74, 6) is -1.40. The molecule has 0 aliphatic carbocycles. The quantitative estimate of drug-likeness (QED) is 0.672. The molecule has 2 heterocycles. The highest BCUT2D eigenvalue weighted by molar-refractivity contribution is 7.92. The van der Waals surface area contributed by atoms with E-state index in [0.717, 1.165) is 24.7 Å². The standard InChI is InChI=1S/C18H22N2O7S/c1-25-17(21)14-10-27-11-19(16(14)18(22)26-2)13-7-6-12-5-4-8-20(15(12)9-13)28(3,23)24/h6-7,9H,4-5,8,10-11H2,1-3H3. The molecule has 0 spiro atoms. The van der Waals surface area contributed by atoms with Crippen molar-refractivity contribution >= 4 is 33.3 Å². The number of sulfonamides is 1. The molecule has 1 aromatic rings. The third kappa shape index (κ3) is 3.69. The molecule has 0 aromatic heterocycles. The zero-order chi connectivity index (χ0) is 20.5. The number of fused-ring (bicyclic) bond motifs is 1. The number of esters is 2. The van der Waals surface area contributed by atoms with Gasteiger partial charge in [-0.05, 0) is 30.5 Å². The van der Waals surface area contributed by atoms with Gasteiger partial charge in [-0.1, -0.05) is 6.07 Å². The molecule has 0 atom stereocenters. The van der Waals surface area contributed by atoms with Crippen LogP contribution >= 0.6 is 0 Å². The van der Waals surface area contributed by atoms with Gasteiger partial charge in [-0.2, -0.15) is 0 Å². The molecule has 0 amide bonds. The molecule has 0 bridgehead atoms. The van der Waals surface area contributed by atoms with E-state index >= 15 is 0 Å². The zero-order valence-corrected chi connectivity index (χ0v) is 16.7. The van der Waals surface area contributed by atoms with Crippen LogP contribution in [0.2, 0.25) is 0 Å². The highest BCUT2D eigenvalue weighted by Gasteiger charge is 2.33. The molecular formula is C18H22N2O7S. The molecule has 0 unspecified atom stereocenters. The molecule has 0 saturated carbocycles. The molecule has 0 N–H and O–H groups in total. The average Bonchev–Trinajstić information content (AvgIpc) is 2.70. The van der Waals surface area contributed by atoms with Gasteiger partial charge in [0.1, 0.15) is 12.4 Å². The first kappa shape index (κ1) is 20.2. The lowest BCUT2D eigenvalue weighted by atomic mass is 10.0. The van der Waals surface area contributed by atoms with E-state index in [1.807, 2.05) is 6.07 Å². The van der Waals surface area contributed by atoms with Crippen LogP contribution in [0.5, 0.6) is 0 Å². The van der Waals surface area contributed by atoms with Gasteiger partial charge in [0.15, 0.2) is 0 Å². The summed E-state index contributed by atoms with van der Waals surface area (Å²) in [6.07, 6.45) is 2.64. The van der Waals surface area contributed by atoms with E-state index in [9.17, 15) is 18.0 Å². The third-order valence-corrected chi connectivity index (χ3v) is 5.87. The van der Waals surface area contributed by atoms with E-state index in [4.69, 9.17) is 14.2 Å². The lowest BCUT2D eigenvalue weighted by Crippen LogP contribution is -2.39. The van der Waals surface area contributed by atoms with Crippen molar-refractivity contribution in [2.75, 3.05) is 49.6 Å². The first-order valence-electron chi connectivity index (χ1n) is 8.63. The lowest BCUT2D eigenvalue weighted by Gasteiger charge is -2.34. The Hall–Kier alpha value is -2.59. The van der Waals surface area contributed by atoms with Gasteiger partial charge in [-0.15, -0.1) is 0 Å². The number of nitrogens with zero attached hydrogens (tertiary/aromatic N) is 2. The molecule has 1 aromatic carbocycles. The monoisotopic (exact) mass is 410 g/mol. The fraction of sp³-hybridized carbons (Fsp3) is 0.444. The number of ether oxygens (including phenoxy) is 3. The Morgan fingerprint density at radius 3 is 2.50 bits per heavy atom. The SMILES string of the molecule is COC(=O)C1=C(C(=O)OC)N(c2ccc3c(c2)N(S(C)(=O)=O)CCC3)COC1. The van der Waals surface area contributed by atoms with Gasteiger partial charge in [-0.25, -0.2) is 18.0 Å². The van der Waals surface area contributed by atoms with Crippen LogP contribution in [-0.2, 0) is 40.2 Å². The second kappa shape index (κ2) is 7.80. The molecule has 0 radical (unpaired) electrons. The Labute approximate surface area is 163 Å². The van der Waals surface area contributed by atoms with Gasteiger partial charge >= 0.3 is 11.9 Å². The van der Waals surface area contributed by atoms with Gasteiger partial charge in [0, 0.05) is 12.2 Å². The van der Waals surface area contributed by atoms with E-state index in [1.165, 1.54) is 23.4 Å². The second-order valence-electron chi connectivity index (χ2n) is 6.47. The maximum absolute atomic E-state index is 12.4. The summed E-state index contributed by atoms with van der Waals surface area (Å²) in [7, 11) is -1.01. The van der Waals surface area contributed by atoms with Crippen LogP contribution in [-0.4, -0.2) is 60.7 Å². The van der Waals surface area contributed by atoms with Crippen LogP contribution in [0.4, 0.5) is 11.4 Å². The molecular weight excluding hydrogens is 388 g/mol. The number of hydrogen-bond donors (Lipinski definition) is 0. The van der Waals surface area contributed by atoms with Crippen molar-refractivity contribution in [3.63, 3.8) is 0 Å². The predicted molar refractivity (Wildman–Crippen MR) is 101 cm³/mol. The number of anilines is 2. The maximum Gasteiger partial charge on any atom is 0.355 e. The predicted octanol–water partition coefficient (Wildman–Crippen LogP) is 0.793. The highest BCUT2D eigenvalue weighted by Crippen LogP contribution is 2.35. The molecule has 10 heteroatoms. The number of aryl methyl sites for hydroxylation is 1. The smallest absolute Gasteiger partial charge is 0.355 e. The van der Waals surface area contributed by atoms with Crippen molar-refractivity contribution in [1.29, 1.82) is 0 Å². The molecule has 2 aliphatic rings. The number of hydrogen-bond acceptors (Lipinski definition) is 8. The lowest BCUT2D eigenvalue weighted by molar-refractivity contribution is -0.140. The fourth-order valence-corrected chi connectivity index (χ4v) is 4.38. The van der Waals surface area contributed by atoms with Gasteiger partial charge in [0.25, 0.3) is 0 Å². The van der Waals surface area contributed by atoms with E-state index in [-0.39, 0.29) is 24.6 Å². The minimum absolute atomic E-state index is 0.00257. The summed E-state index contributed by atoms with van der Waals surface area (Å²) < 4.78 is 40.8. The largest absolute Gasteiger partial charge is 0.466 e. The molecule has 3 rings (SSSR count). The highest BCUT2D eigenvalue weighted by atomic mass is 32.2. The first-order valence-corrected chi connectivity index (χ1v) is 10.5. The topological polar surface area (TPSA) is 102 Å². The maximum atomic E-state index is 12.4. The van der Waals surface area contributed by atoms with Crippen molar-refractivity contribution in [2.45, 2.75) is 12.8 Å². The van der Waals surface area contributed by atoms with Gasteiger partial charge in [-0.3, -0.25) is 4.31 Å². The van der Waals surface area contributed by atoms with Gasteiger partial charge < -0.3 is 19.1 Å². The van der Waals surface area contributed by atoms with Crippen LogP contribution in [0.1, 0.15) is 12.0 Å². The summed E-state index contributed by atoms with van der Waals surface area (Å²) in [6.45, 7) is 0.301. The van der Waals surface area contributed by atoms with E-state index in [0.29, 0.717) is 17.9 Å². The summed E-state index contributed by atoms with van der Waals surface area (Å²) >= 11 is 0. The van der Waals surface area contributed by atoms with E-state index in [2.05, 4.69) is 0 Å². The molecule has 28 heavy (non-hydrogen) atoms. The third-order valence-electron chi connectivity index (χ3n) is 4.69. The van der Waals surface area contributed by atoms with Crippen LogP contribution in [0.15, 0.2) is 29.5 Å². The number of carbonyl (C=O) groups is 2. The Balaban J connectivity index is 2.12. The molecule has 9 nitrogen and oxygen atoms in total. The Morgan fingerprint density at radius 2 is 1.86 bits per heavy atom. The van der Waals surface area contributed by atoms with E-state index in [1.54, 1.807) is 12.1 Å². The number of benzene rings is 1. The normalized spacial score (nSPS) is 17.2. The first-order chi connectivity index (χ1) is 13.3.